The molecule has 118 valence electrons. The van der Waals surface area contributed by atoms with Gasteiger partial charge in [-0.25, -0.2) is 0 Å². The molecule has 0 saturated carbocycles. The van der Waals surface area contributed by atoms with Crippen LogP contribution in [0.5, 0.6) is 11.5 Å². The third-order valence-electron chi connectivity index (χ3n) is 3.45. The monoisotopic (exact) mass is 293 g/mol. The summed E-state index contributed by atoms with van der Waals surface area (Å²) in [5, 5.41) is 19.4. The van der Waals surface area contributed by atoms with Crippen molar-refractivity contribution in [3.8, 4) is 11.5 Å². The van der Waals surface area contributed by atoms with Gasteiger partial charge in [-0.05, 0) is 42.9 Å². The second-order valence-corrected chi connectivity index (χ2v) is 6.36. The van der Waals surface area contributed by atoms with Crippen LogP contribution in [-0.2, 0) is 0 Å². The molecular formula is C17H27NO3. The number of carbonyl (C=O) groups is 1. The maximum absolute atomic E-state index is 12.6. The Kier molecular flexibility index (Phi) is 6.53. The lowest BCUT2D eigenvalue weighted by molar-refractivity contribution is 0.0737. The van der Waals surface area contributed by atoms with Gasteiger partial charge in [0.15, 0.2) is 0 Å². The third kappa shape index (κ3) is 5.66. The number of hydrogen-bond donors (Lipinski definition) is 2. The number of rotatable bonds is 7. The lowest BCUT2D eigenvalue weighted by Crippen LogP contribution is -2.34. The van der Waals surface area contributed by atoms with Crippen LogP contribution >= 0.6 is 0 Å². The van der Waals surface area contributed by atoms with Gasteiger partial charge in [-0.2, -0.15) is 0 Å². The second kappa shape index (κ2) is 7.91. The number of benzene rings is 1. The Morgan fingerprint density at radius 1 is 1.05 bits per heavy atom. The fourth-order valence-corrected chi connectivity index (χ4v) is 2.01. The fraction of sp³-hybridized carbons (Fsp3) is 0.588. The zero-order chi connectivity index (χ0) is 16.0. The highest BCUT2D eigenvalue weighted by atomic mass is 16.3. The van der Waals surface area contributed by atoms with Crippen molar-refractivity contribution < 1.29 is 15.0 Å². The minimum Gasteiger partial charge on any atom is -0.508 e. The average molecular weight is 293 g/mol. The zero-order valence-electron chi connectivity index (χ0n) is 13.5. The molecule has 4 nitrogen and oxygen atoms in total. The Balaban J connectivity index is 2.89. The summed E-state index contributed by atoms with van der Waals surface area (Å²) in [7, 11) is 0. The standard InChI is InChI=1S/C17H27NO3/c1-12(2)7-9-18(10-8-13(3)4)17(21)15-11-14(19)5-6-16(15)20/h5-6,11-13,19-20H,7-10H2,1-4H3. The van der Waals surface area contributed by atoms with Crippen LogP contribution in [-0.4, -0.2) is 34.1 Å². The first-order valence-corrected chi connectivity index (χ1v) is 7.62. The van der Waals surface area contributed by atoms with E-state index in [0.717, 1.165) is 12.8 Å². The van der Waals surface area contributed by atoms with Gasteiger partial charge in [-0.15, -0.1) is 0 Å². The van der Waals surface area contributed by atoms with Gasteiger partial charge < -0.3 is 15.1 Å². The summed E-state index contributed by atoms with van der Waals surface area (Å²) in [5.74, 6) is 0.708. The van der Waals surface area contributed by atoms with E-state index in [4.69, 9.17) is 0 Å². The molecule has 21 heavy (non-hydrogen) atoms. The van der Waals surface area contributed by atoms with Crippen molar-refractivity contribution in [1.82, 2.24) is 4.90 Å². The zero-order valence-corrected chi connectivity index (χ0v) is 13.5. The summed E-state index contributed by atoms with van der Waals surface area (Å²) < 4.78 is 0. The Labute approximate surface area is 127 Å². The van der Waals surface area contributed by atoms with Gasteiger partial charge in [0.25, 0.3) is 5.91 Å². The second-order valence-electron chi connectivity index (χ2n) is 6.36. The Morgan fingerprint density at radius 3 is 2.05 bits per heavy atom. The molecule has 0 aliphatic heterocycles. The van der Waals surface area contributed by atoms with Gasteiger partial charge in [0, 0.05) is 13.1 Å². The summed E-state index contributed by atoms with van der Waals surface area (Å²) in [4.78, 5) is 14.4. The quantitative estimate of drug-likeness (QED) is 0.755. The minimum atomic E-state index is -0.218. The van der Waals surface area contributed by atoms with Crippen molar-refractivity contribution in [3.63, 3.8) is 0 Å². The van der Waals surface area contributed by atoms with Crippen LogP contribution in [0.2, 0.25) is 0 Å². The lowest BCUT2D eigenvalue weighted by Gasteiger charge is -2.25. The van der Waals surface area contributed by atoms with E-state index in [0.29, 0.717) is 24.9 Å². The van der Waals surface area contributed by atoms with E-state index in [-0.39, 0.29) is 23.0 Å². The van der Waals surface area contributed by atoms with E-state index in [1.54, 1.807) is 4.90 Å². The molecule has 0 aromatic heterocycles. The largest absolute Gasteiger partial charge is 0.508 e. The van der Waals surface area contributed by atoms with E-state index in [9.17, 15) is 15.0 Å². The van der Waals surface area contributed by atoms with Crippen molar-refractivity contribution in [1.29, 1.82) is 0 Å². The first kappa shape index (κ1) is 17.3. The normalized spacial score (nSPS) is 11.1. The number of phenolic OH excluding ortho intramolecular Hbond substituents is 2. The van der Waals surface area contributed by atoms with Crippen molar-refractivity contribution in [2.75, 3.05) is 13.1 Å². The molecule has 0 bridgehead atoms. The predicted molar refractivity (Wildman–Crippen MR) is 84.6 cm³/mol. The fourth-order valence-electron chi connectivity index (χ4n) is 2.01. The number of phenols is 2. The predicted octanol–water partition coefficient (Wildman–Crippen LogP) is 3.63. The number of carbonyl (C=O) groups excluding carboxylic acids is 1. The molecule has 4 heteroatoms. The molecular weight excluding hydrogens is 266 g/mol. The van der Waals surface area contributed by atoms with Crippen LogP contribution in [0.25, 0.3) is 0 Å². The molecule has 1 aromatic rings. The van der Waals surface area contributed by atoms with Crippen LogP contribution in [0.15, 0.2) is 18.2 Å². The SMILES string of the molecule is CC(C)CCN(CCC(C)C)C(=O)c1cc(O)ccc1O. The lowest BCUT2D eigenvalue weighted by atomic mass is 10.1. The summed E-state index contributed by atoms with van der Waals surface area (Å²) >= 11 is 0. The van der Waals surface area contributed by atoms with E-state index in [2.05, 4.69) is 27.7 Å². The molecule has 1 amide bonds. The van der Waals surface area contributed by atoms with Crippen molar-refractivity contribution in [2.45, 2.75) is 40.5 Å². The molecule has 1 aromatic carbocycles. The van der Waals surface area contributed by atoms with E-state index in [1.165, 1.54) is 18.2 Å². The van der Waals surface area contributed by atoms with Crippen LogP contribution in [0.4, 0.5) is 0 Å². The molecule has 0 aliphatic rings. The van der Waals surface area contributed by atoms with E-state index >= 15 is 0 Å². The first-order chi connectivity index (χ1) is 9.81. The molecule has 1 rings (SSSR count). The maximum Gasteiger partial charge on any atom is 0.257 e. The van der Waals surface area contributed by atoms with Gasteiger partial charge >= 0.3 is 0 Å². The highest BCUT2D eigenvalue weighted by molar-refractivity contribution is 5.97. The van der Waals surface area contributed by atoms with Gasteiger partial charge in [0.1, 0.15) is 11.5 Å². The van der Waals surface area contributed by atoms with Crippen molar-refractivity contribution in [3.05, 3.63) is 23.8 Å². The van der Waals surface area contributed by atoms with Gasteiger partial charge in [0.05, 0.1) is 5.56 Å². The summed E-state index contributed by atoms with van der Waals surface area (Å²) in [6.07, 6.45) is 1.84. The Bertz CT molecular complexity index is 457. The van der Waals surface area contributed by atoms with E-state index < -0.39 is 0 Å². The van der Waals surface area contributed by atoms with Crippen molar-refractivity contribution >= 4 is 5.91 Å². The maximum atomic E-state index is 12.6. The summed E-state index contributed by atoms with van der Waals surface area (Å²) in [6, 6.07) is 4.06. The highest BCUT2D eigenvalue weighted by Crippen LogP contribution is 2.24. The number of amides is 1. The number of aromatic hydroxyl groups is 2. The third-order valence-corrected chi connectivity index (χ3v) is 3.45. The molecule has 0 aliphatic carbocycles. The Hall–Kier alpha value is -1.71. The van der Waals surface area contributed by atoms with Crippen molar-refractivity contribution in [2.24, 2.45) is 11.8 Å². The molecule has 0 saturated heterocycles. The summed E-state index contributed by atoms with van der Waals surface area (Å²) in [5.41, 5.74) is 0.169. The van der Waals surface area contributed by atoms with Crippen LogP contribution in [0.1, 0.15) is 50.9 Å². The van der Waals surface area contributed by atoms with Crippen LogP contribution < -0.4 is 0 Å². The van der Waals surface area contributed by atoms with Crippen LogP contribution in [0.3, 0.4) is 0 Å². The molecule has 2 N–H and O–H groups in total. The van der Waals surface area contributed by atoms with Gasteiger partial charge in [0.2, 0.25) is 0 Å². The molecule has 0 radical (unpaired) electrons. The van der Waals surface area contributed by atoms with Gasteiger partial charge in [-0.1, -0.05) is 27.7 Å². The first-order valence-electron chi connectivity index (χ1n) is 7.62. The Morgan fingerprint density at radius 2 is 1.57 bits per heavy atom. The average Bonchev–Trinajstić information content (AvgIpc) is 2.40. The molecule has 0 atom stereocenters. The minimum absolute atomic E-state index is 0.0104. The summed E-state index contributed by atoms with van der Waals surface area (Å²) in [6.45, 7) is 9.82. The van der Waals surface area contributed by atoms with Crippen LogP contribution in [0, 0.1) is 11.8 Å². The number of nitrogens with zero attached hydrogens (tertiary/aromatic N) is 1. The molecule has 0 spiro atoms. The van der Waals surface area contributed by atoms with Gasteiger partial charge in [-0.3, -0.25) is 4.79 Å². The topological polar surface area (TPSA) is 60.8 Å². The molecule has 0 fully saturated rings. The highest BCUT2D eigenvalue weighted by Gasteiger charge is 2.20. The molecule has 0 heterocycles. The molecule has 0 unspecified atom stereocenters. The number of hydrogen-bond acceptors (Lipinski definition) is 3. The smallest absolute Gasteiger partial charge is 0.257 e. The van der Waals surface area contributed by atoms with E-state index in [1.807, 2.05) is 0 Å².